The molecule has 5 atom stereocenters. The van der Waals surface area contributed by atoms with Crippen LogP contribution in [0.5, 0.6) is 0 Å². The molecule has 0 amide bonds. The smallest absolute Gasteiger partial charge is 0.186 e. The highest BCUT2D eigenvalue weighted by molar-refractivity contribution is 5.47. The summed E-state index contributed by atoms with van der Waals surface area (Å²) in [6.45, 7) is 3.75. The Labute approximate surface area is 206 Å². The Balaban J connectivity index is 1.53. The Morgan fingerprint density at radius 3 is 1.69 bits per heavy atom. The molecule has 184 valence electrons. The lowest BCUT2D eigenvalue weighted by Gasteiger charge is -2.42. The van der Waals surface area contributed by atoms with Crippen molar-refractivity contribution in [3.05, 3.63) is 108 Å². The molecule has 6 nitrogen and oxygen atoms in total. The van der Waals surface area contributed by atoms with Crippen LogP contribution < -0.4 is 0 Å². The fourth-order valence-electron chi connectivity index (χ4n) is 5.14. The van der Waals surface area contributed by atoms with Crippen molar-refractivity contribution in [2.24, 2.45) is 0 Å². The van der Waals surface area contributed by atoms with E-state index in [0.29, 0.717) is 0 Å². The first-order valence-corrected chi connectivity index (χ1v) is 12.0. The van der Waals surface area contributed by atoms with E-state index in [9.17, 15) is 5.11 Å². The molecule has 6 heteroatoms. The highest BCUT2D eigenvalue weighted by atomic mass is 16.8. The second-order valence-corrected chi connectivity index (χ2v) is 9.42. The summed E-state index contributed by atoms with van der Waals surface area (Å²) < 4.78 is 30.6. The minimum Gasteiger partial charge on any atom is -0.387 e. The molecule has 1 N–H and O–H groups in total. The summed E-state index contributed by atoms with van der Waals surface area (Å²) in [5.41, 5.74) is 2.01. The van der Waals surface area contributed by atoms with E-state index in [1.54, 1.807) is 7.11 Å². The lowest BCUT2D eigenvalue weighted by atomic mass is 9.80. The van der Waals surface area contributed by atoms with Gasteiger partial charge in [0.2, 0.25) is 0 Å². The van der Waals surface area contributed by atoms with Crippen LogP contribution in [0.2, 0.25) is 0 Å². The molecule has 0 spiro atoms. The molecule has 0 aromatic heterocycles. The summed E-state index contributed by atoms with van der Waals surface area (Å²) in [5, 5.41) is 11.2. The lowest BCUT2D eigenvalue weighted by molar-refractivity contribution is -0.278. The van der Waals surface area contributed by atoms with Gasteiger partial charge in [-0.3, -0.25) is 0 Å². The Morgan fingerprint density at radius 1 is 0.771 bits per heavy atom. The van der Waals surface area contributed by atoms with Gasteiger partial charge in [0.1, 0.15) is 30.0 Å². The molecule has 0 radical (unpaired) electrons. The van der Waals surface area contributed by atoms with Gasteiger partial charge in [0.15, 0.2) is 12.1 Å². The average molecular weight is 477 g/mol. The summed E-state index contributed by atoms with van der Waals surface area (Å²) in [4.78, 5) is 0. The van der Waals surface area contributed by atoms with Gasteiger partial charge in [-0.05, 0) is 30.5 Å². The van der Waals surface area contributed by atoms with Crippen molar-refractivity contribution in [2.75, 3.05) is 13.7 Å². The summed E-state index contributed by atoms with van der Waals surface area (Å²) in [7, 11) is 1.56. The zero-order valence-corrected chi connectivity index (χ0v) is 20.2. The van der Waals surface area contributed by atoms with Crippen LogP contribution in [0, 0.1) is 0 Å². The third kappa shape index (κ3) is 4.54. The second kappa shape index (κ2) is 9.82. The van der Waals surface area contributed by atoms with E-state index in [1.807, 2.05) is 68.4 Å². The van der Waals surface area contributed by atoms with E-state index in [-0.39, 0.29) is 6.61 Å². The third-order valence-electron chi connectivity index (χ3n) is 6.70. The van der Waals surface area contributed by atoms with Crippen molar-refractivity contribution in [1.82, 2.24) is 0 Å². The maximum absolute atomic E-state index is 11.2. The van der Waals surface area contributed by atoms with E-state index >= 15 is 0 Å². The van der Waals surface area contributed by atoms with Crippen LogP contribution in [0.4, 0.5) is 0 Å². The molecular formula is C29H32O6. The Kier molecular flexibility index (Phi) is 6.77. The van der Waals surface area contributed by atoms with Crippen molar-refractivity contribution in [2.45, 2.75) is 55.9 Å². The number of ether oxygens (including phenoxy) is 5. The van der Waals surface area contributed by atoms with Gasteiger partial charge in [0.05, 0.1) is 6.61 Å². The summed E-state index contributed by atoms with van der Waals surface area (Å²) >= 11 is 0. The molecule has 35 heavy (non-hydrogen) atoms. The molecule has 0 unspecified atom stereocenters. The lowest BCUT2D eigenvalue weighted by Crippen LogP contribution is -2.58. The molecule has 3 aromatic carbocycles. The Morgan fingerprint density at radius 2 is 1.23 bits per heavy atom. The quantitative estimate of drug-likeness (QED) is 0.515. The van der Waals surface area contributed by atoms with Gasteiger partial charge in [-0.15, -0.1) is 0 Å². The molecular weight excluding hydrogens is 444 g/mol. The number of methoxy groups -OCH3 is 1. The second-order valence-electron chi connectivity index (χ2n) is 9.42. The van der Waals surface area contributed by atoms with E-state index < -0.39 is 42.1 Å². The van der Waals surface area contributed by atoms with Crippen LogP contribution in [0.1, 0.15) is 30.5 Å². The first-order valence-electron chi connectivity index (χ1n) is 12.0. The monoisotopic (exact) mass is 476 g/mol. The van der Waals surface area contributed by atoms with Gasteiger partial charge in [-0.25, -0.2) is 0 Å². The van der Waals surface area contributed by atoms with E-state index in [4.69, 9.17) is 23.7 Å². The van der Waals surface area contributed by atoms with Crippen molar-refractivity contribution >= 4 is 0 Å². The van der Waals surface area contributed by atoms with Crippen LogP contribution >= 0.6 is 0 Å². The molecule has 0 bridgehead atoms. The van der Waals surface area contributed by atoms with Crippen LogP contribution in [-0.4, -0.2) is 55.3 Å². The third-order valence-corrected chi connectivity index (χ3v) is 6.70. The number of hydrogen-bond donors (Lipinski definition) is 1. The maximum atomic E-state index is 11.2. The standard InChI is InChI=1S/C29H32O6/c1-28(2)34-25-24(30)23(33-27(31-3)26(25)35-28)19-32-29(20-13-7-4-8-14-20,21-15-9-5-10-16-21)22-17-11-6-12-18-22/h4-18,23-27,30H,19H2,1-3H3/t23-,24-,25+,26+,27+/m1/s1. The van der Waals surface area contributed by atoms with Crippen molar-refractivity contribution in [1.29, 1.82) is 0 Å². The number of benzene rings is 3. The number of rotatable bonds is 7. The van der Waals surface area contributed by atoms with Gasteiger partial charge >= 0.3 is 0 Å². The van der Waals surface area contributed by atoms with Gasteiger partial charge < -0.3 is 28.8 Å². The van der Waals surface area contributed by atoms with E-state index in [2.05, 4.69) is 36.4 Å². The molecule has 2 aliphatic rings. The number of hydrogen-bond acceptors (Lipinski definition) is 6. The number of fused-ring (bicyclic) bond motifs is 1. The largest absolute Gasteiger partial charge is 0.387 e. The molecule has 2 aliphatic heterocycles. The van der Waals surface area contributed by atoms with E-state index in [0.717, 1.165) is 16.7 Å². The Hall–Kier alpha value is -2.58. The fourth-order valence-corrected chi connectivity index (χ4v) is 5.14. The minimum absolute atomic E-state index is 0.104. The summed E-state index contributed by atoms with van der Waals surface area (Å²) in [5.74, 6) is -0.839. The van der Waals surface area contributed by atoms with Crippen molar-refractivity contribution in [3.8, 4) is 0 Å². The van der Waals surface area contributed by atoms with Crippen LogP contribution in [0.3, 0.4) is 0 Å². The molecule has 2 heterocycles. The Bertz CT molecular complexity index is 991. The molecule has 2 saturated heterocycles. The minimum atomic E-state index is -0.951. The molecule has 5 rings (SSSR count). The van der Waals surface area contributed by atoms with Crippen LogP contribution in [-0.2, 0) is 29.3 Å². The predicted octanol–water partition coefficient (Wildman–Crippen LogP) is 4.25. The van der Waals surface area contributed by atoms with E-state index in [1.165, 1.54) is 0 Å². The number of aliphatic hydroxyl groups excluding tert-OH is 1. The molecule has 3 aromatic rings. The van der Waals surface area contributed by atoms with Gasteiger partial charge in [-0.2, -0.15) is 0 Å². The van der Waals surface area contributed by atoms with Crippen molar-refractivity contribution in [3.63, 3.8) is 0 Å². The highest BCUT2D eigenvalue weighted by Gasteiger charge is 2.55. The van der Waals surface area contributed by atoms with Gasteiger partial charge in [-0.1, -0.05) is 91.0 Å². The van der Waals surface area contributed by atoms with Crippen LogP contribution in [0.15, 0.2) is 91.0 Å². The van der Waals surface area contributed by atoms with Crippen LogP contribution in [0.25, 0.3) is 0 Å². The zero-order chi connectivity index (χ0) is 24.5. The molecule has 0 aliphatic carbocycles. The topological polar surface area (TPSA) is 66.4 Å². The molecule has 2 fully saturated rings. The first-order chi connectivity index (χ1) is 16.9. The zero-order valence-electron chi connectivity index (χ0n) is 20.2. The molecule has 0 saturated carbocycles. The summed E-state index contributed by atoms with van der Waals surface area (Å²) in [6, 6.07) is 30.3. The normalized spacial score (nSPS) is 27.9. The summed E-state index contributed by atoms with van der Waals surface area (Å²) in [6.07, 6.45) is -3.43. The van der Waals surface area contributed by atoms with Crippen molar-refractivity contribution < 1.29 is 28.8 Å². The maximum Gasteiger partial charge on any atom is 0.186 e. The first kappa shape index (κ1) is 24.1. The fraction of sp³-hybridized carbons (Fsp3) is 0.379. The number of aliphatic hydroxyl groups is 1. The van der Waals surface area contributed by atoms with Gasteiger partial charge in [0.25, 0.3) is 0 Å². The predicted molar refractivity (Wildman–Crippen MR) is 131 cm³/mol. The highest BCUT2D eigenvalue weighted by Crippen LogP contribution is 2.42. The average Bonchev–Trinajstić information content (AvgIpc) is 3.23. The SMILES string of the molecule is CO[C@H]1O[C@H](COC(c2ccccc2)(c2ccccc2)c2ccccc2)[C@@H](O)[C@@H]2OC(C)(C)O[C@H]12. The van der Waals surface area contributed by atoms with Gasteiger partial charge in [0, 0.05) is 7.11 Å².